The molecule has 4 rings (SSSR count). The lowest BCUT2D eigenvalue weighted by molar-refractivity contribution is 0.416. The fourth-order valence-electron chi connectivity index (χ4n) is 3.23. The fourth-order valence-corrected chi connectivity index (χ4v) is 3.23. The zero-order valence-electron chi connectivity index (χ0n) is 15.2. The summed E-state index contributed by atoms with van der Waals surface area (Å²) < 4.78 is 34.1. The van der Waals surface area contributed by atoms with Crippen LogP contribution in [0.25, 0.3) is 33.4 Å². The van der Waals surface area contributed by atoms with Crippen LogP contribution in [0.4, 0.5) is 8.78 Å². The van der Waals surface area contributed by atoms with E-state index in [9.17, 15) is 13.6 Å². The van der Waals surface area contributed by atoms with Gasteiger partial charge in [0, 0.05) is 18.7 Å². The Balaban J connectivity index is 1.93. The van der Waals surface area contributed by atoms with E-state index in [-0.39, 0.29) is 11.1 Å². The third kappa shape index (κ3) is 2.93. The Labute approximate surface area is 159 Å². The van der Waals surface area contributed by atoms with E-state index in [1.807, 2.05) is 18.2 Å². The minimum Gasteiger partial charge on any atom is -0.496 e. The number of benzene rings is 3. The molecule has 0 saturated heterocycles. The highest BCUT2D eigenvalue weighted by atomic mass is 19.1. The molecule has 1 aromatic heterocycles. The lowest BCUT2D eigenvalue weighted by Gasteiger charge is -2.13. The fraction of sp³-hybridized carbons (Fsp3) is 0.0909. The highest BCUT2D eigenvalue weighted by Gasteiger charge is 2.15. The van der Waals surface area contributed by atoms with E-state index in [4.69, 9.17) is 4.74 Å². The van der Waals surface area contributed by atoms with Crippen LogP contribution in [0.15, 0.2) is 65.5 Å². The average molecular weight is 378 g/mol. The van der Waals surface area contributed by atoms with Crippen molar-refractivity contribution in [2.75, 3.05) is 7.11 Å². The Hall–Kier alpha value is -3.54. The molecule has 0 bridgehead atoms. The van der Waals surface area contributed by atoms with Gasteiger partial charge in [-0.25, -0.2) is 13.8 Å². The number of methoxy groups -OCH3 is 1. The molecule has 0 spiro atoms. The van der Waals surface area contributed by atoms with Gasteiger partial charge in [0.25, 0.3) is 5.56 Å². The normalized spacial score (nSPS) is 11.0. The number of halogens is 2. The molecule has 1 heterocycles. The first kappa shape index (κ1) is 17.9. The molecular weight excluding hydrogens is 362 g/mol. The number of hydrogen-bond donors (Lipinski definition) is 0. The Morgan fingerprint density at radius 2 is 1.75 bits per heavy atom. The molecule has 0 fully saturated rings. The number of nitrogens with zero attached hydrogens (tertiary/aromatic N) is 2. The van der Waals surface area contributed by atoms with Gasteiger partial charge >= 0.3 is 0 Å². The van der Waals surface area contributed by atoms with Gasteiger partial charge < -0.3 is 4.74 Å². The van der Waals surface area contributed by atoms with Gasteiger partial charge in [0.05, 0.1) is 23.6 Å². The van der Waals surface area contributed by atoms with Crippen LogP contribution in [0.5, 0.6) is 5.75 Å². The summed E-state index contributed by atoms with van der Waals surface area (Å²) >= 11 is 0. The molecule has 0 aliphatic heterocycles. The van der Waals surface area contributed by atoms with E-state index in [0.29, 0.717) is 33.6 Å². The molecule has 3 aromatic carbocycles. The van der Waals surface area contributed by atoms with Crippen LogP contribution in [-0.2, 0) is 7.05 Å². The predicted molar refractivity (Wildman–Crippen MR) is 104 cm³/mol. The lowest BCUT2D eigenvalue weighted by Crippen LogP contribution is -2.20. The van der Waals surface area contributed by atoms with Gasteiger partial charge in [-0.15, -0.1) is 0 Å². The van der Waals surface area contributed by atoms with E-state index in [0.717, 1.165) is 6.07 Å². The molecule has 0 saturated carbocycles. The van der Waals surface area contributed by atoms with Crippen molar-refractivity contribution >= 4 is 10.9 Å². The summed E-state index contributed by atoms with van der Waals surface area (Å²) in [7, 11) is 3.18. The molecular formula is C22H16F2N2O2. The summed E-state index contributed by atoms with van der Waals surface area (Å²) in [5.74, 6) is -0.263. The first-order valence-corrected chi connectivity index (χ1v) is 8.59. The van der Waals surface area contributed by atoms with Crippen LogP contribution in [0, 0.1) is 11.6 Å². The van der Waals surface area contributed by atoms with E-state index >= 15 is 0 Å². The average Bonchev–Trinajstić information content (AvgIpc) is 2.70. The van der Waals surface area contributed by atoms with Gasteiger partial charge in [0.15, 0.2) is 0 Å². The molecule has 0 aliphatic carbocycles. The van der Waals surface area contributed by atoms with E-state index in [1.165, 1.54) is 16.7 Å². The Kier molecular flexibility index (Phi) is 4.39. The van der Waals surface area contributed by atoms with Gasteiger partial charge in [-0.3, -0.25) is 9.36 Å². The van der Waals surface area contributed by atoms with Crippen molar-refractivity contribution in [2.24, 2.45) is 7.05 Å². The number of hydrogen-bond acceptors (Lipinski definition) is 3. The Morgan fingerprint density at radius 1 is 0.964 bits per heavy atom. The summed E-state index contributed by atoms with van der Waals surface area (Å²) in [6, 6.07) is 15.6. The monoisotopic (exact) mass is 378 g/mol. The molecule has 4 nitrogen and oxygen atoms in total. The minimum absolute atomic E-state index is 0.221. The highest BCUT2D eigenvalue weighted by Crippen LogP contribution is 2.30. The smallest absolute Gasteiger partial charge is 0.261 e. The summed E-state index contributed by atoms with van der Waals surface area (Å²) in [6.07, 6.45) is 0. The third-order valence-electron chi connectivity index (χ3n) is 4.67. The maximum Gasteiger partial charge on any atom is 0.261 e. The van der Waals surface area contributed by atoms with Crippen molar-refractivity contribution in [1.82, 2.24) is 9.55 Å². The molecule has 6 heteroatoms. The zero-order valence-corrected chi connectivity index (χ0v) is 15.2. The van der Waals surface area contributed by atoms with E-state index < -0.39 is 11.6 Å². The topological polar surface area (TPSA) is 44.1 Å². The van der Waals surface area contributed by atoms with Crippen LogP contribution >= 0.6 is 0 Å². The Morgan fingerprint density at radius 3 is 2.50 bits per heavy atom. The molecule has 0 aliphatic rings. The summed E-state index contributed by atoms with van der Waals surface area (Å²) in [5, 5.41) is 0.349. The van der Waals surface area contributed by atoms with Gasteiger partial charge in [0.1, 0.15) is 23.2 Å². The molecule has 0 radical (unpaired) electrons. The lowest BCUT2D eigenvalue weighted by atomic mass is 10.0. The van der Waals surface area contributed by atoms with E-state index in [2.05, 4.69) is 4.98 Å². The molecule has 28 heavy (non-hydrogen) atoms. The largest absolute Gasteiger partial charge is 0.496 e. The van der Waals surface area contributed by atoms with Crippen molar-refractivity contribution in [2.45, 2.75) is 0 Å². The standard InChI is InChI=1S/C22H16F2N2O2/c1-26-21(16-5-3-4-6-20(16)28-2)25-19-10-7-13(11-17(19)22(26)27)15-9-8-14(23)12-18(15)24/h3-12H,1-2H3. The number of para-hydroxylation sites is 1. The van der Waals surface area contributed by atoms with Gasteiger partial charge in [-0.05, 0) is 42.0 Å². The first-order chi connectivity index (χ1) is 13.5. The minimum atomic E-state index is -0.685. The number of rotatable bonds is 3. The van der Waals surface area contributed by atoms with Gasteiger partial charge in [-0.1, -0.05) is 18.2 Å². The maximum atomic E-state index is 14.1. The van der Waals surface area contributed by atoms with Crippen LogP contribution < -0.4 is 10.3 Å². The quantitative estimate of drug-likeness (QED) is 0.525. The van der Waals surface area contributed by atoms with Crippen LogP contribution in [-0.4, -0.2) is 16.7 Å². The third-order valence-corrected chi connectivity index (χ3v) is 4.67. The predicted octanol–water partition coefficient (Wildman–Crippen LogP) is 4.55. The summed E-state index contributed by atoms with van der Waals surface area (Å²) in [5.41, 5.74) is 1.61. The molecule has 0 amide bonds. The van der Waals surface area contributed by atoms with Crippen LogP contribution in [0.1, 0.15) is 0 Å². The molecule has 0 atom stereocenters. The molecule has 0 N–H and O–H groups in total. The van der Waals surface area contributed by atoms with Crippen molar-refractivity contribution in [3.63, 3.8) is 0 Å². The molecule has 140 valence electrons. The molecule has 4 aromatic rings. The van der Waals surface area contributed by atoms with Crippen molar-refractivity contribution in [3.8, 4) is 28.3 Å². The first-order valence-electron chi connectivity index (χ1n) is 8.59. The second kappa shape index (κ2) is 6.88. The second-order valence-corrected chi connectivity index (χ2v) is 6.36. The summed E-state index contributed by atoms with van der Waals surface area (Å²) in [6.45, 7) is 0. The zero-order chi connectivity index (χ0) is 19.8. The maximum absolute atomic E-state index is 14.1. The van der Waals surface area contributed by atoms with Crippen LogP contribution in [0.2, 0.25) is 0 Å². The van der Waals surface area contributed by atoms with E-state index in [1.54, 1.807) is 38.4 Å². The Bertz CT molecular complexity index is 1270. The number of fused-ring (bicyclic) bond motifs is 1. The van der Waals surface area contributed by atoms with Crippen molar-refractivity contribution in [1.29, 1.82) is 0 Å². The van der Waals surface area contributed by atoms with Crippen molar-refractivity contribution < 1.29 is 13.5 Å². The van der Waals surface area contributed by atoms with Gasteiger partial charge in [-0.2, -0.15) is 0 Å². The number of ether oxygens (including phenoxy) is 1. The van der Waals surface area contributed by atoms with Crippen LogP contribution in [0.3, 0.4) is 0 Å². The van der Waals surface area contributed by atoms with Gasteiger partial charge in [0.2, 0.25) is 0 Å². The highest BCUT2D eigenvalue weighted by molar-refractivity contribution is 5.85. The number of aromatic nitrogens is 2. The molecule has 0 unspecified atom stereocenters. The SMILES string of the molecule is COc1ccccc1-c1nc2ccc(-c3ccc(F)cc3F)cc2c(=O)n1C. The second-order valence-electron chi connectivity index (χ2n) is 6.36. The summed E-state index contributed by atoms with van der Waals surface area (Å²) in [4.78, 5) is 17.6. The van der Waals surface area contributed by atoms with Crippen molar-refractivity contribution in [3.05, 3.63) is 82.7 Å².